The average molecular weight is 353 g/mol. The van der Waals surface area contributed by atoms with Gasteiger partial charge in [0, 0.05) is 10.2 Å². The molecule has 0 heterocycles. The summed E-state index contributed by atoms with van der Waals surface area (Å²) in [6.07, 6.45) is 0. The Kier molecular flexibility index (Phi) is 5.30. The van der Waals surface area contributed by atoms with Crippen molar-refractivity contribution in [3.8, 4) is 0 Å². The average Bonchev–Trinajstić information content (AvgIpc) is 2.45. The number of nitrogens with one attached hydrogen (secondary N) is 1. The molecule has 0 aliphatic rings. The molecule has 0 atom stereocenters. The Morgan fingerprint density at radius 2 is 1.95 bits per heavy atom. The Bertz CT molecular complexity index is 632. The zero-order valence-corrected chi connectivity index (χ0v) is 12.7. The molecule has 1 amide bonds. The molecule has 21 heavy (non-hydrogen) atoms. The molecular formula is C15H14BrFN2O2. The number of benzene rings is 2. The summed E-state index contributed by atoms with van der Waals surface area (Å²) in [5, 5.41) is 2.59. The molecule has 0 spiro atoms. The van der Waals surface area contributed by atoms with Crippen LogP contribution in [0.3, 0.4) is 0 Å². The predicted molar refractivity (Wildman–Crippen MR) is 83.2 cm³/mol. The van der Waals surface area contributed by atoms with Crippen molar-refractivity contribution in [3.63, 3.8) is 0 Å². The zero-order valence-electron chi connectivity index (χ0n) is 11.1. The van der Waals surface area contributed by atoms with E-state index in [2.05, 4.69) is 21.2 Å². The van der Waals surface area contributed by atoms with Gasteiger partial charge >= 0.3 is 0 Å². The molecule has 2 rings (SSSR count). The monoisotopic (exact) mass is 352 g/mol. The number of carbonyl (C=O) groups excluding carboxylic acids is 1. The maximum atomic E-state index is 13.0. The molecule has 6 heteroatoms. The van der Waals surface area contributed by atoms with Crippen LogP contribution in [0.2, 0.25) is 0 Å². The van der Waals surface area contributed by atoms with E-state index in [0.29, 0.717) is 12.3 Å². The maximum absolute atomic E-state index is 13.0. The topological polar surface area (TPSA) is 64.3 Å². The van der Waals surface area contributed by atoms with Crippen LogP contribution in [0.4, 0.5) is 15.8 Å². The third-order valence-electron chi connectivity index (χ3n) is 2.69. The van der Waals surface area contributed by atoms with Gasteiger partial charge in [-0.3, -0.25) is 4.79 Å². The Hall–Kier alpha value is -1.92. The first-order valence-corrected chi connectivity index (χ1v) is 7.01. The summed E-state index contributed by atoms with van der Waals surface area (Å²) in [7, 11) is 0. The number of anilines is 2. The zero-order chi connectivity index (χ0) is 15.2. The molecule has 3 N–H and O–H groups in total. The second-order valence-corrected chi connectivity index (χ2v) is 5.32. The van der Waals surface area contributed by atoms with Crippen LogP contribution in [0, 0.1) is 5.82 Å². The molecule has 0 saturated heterocycles. The van der Waals surface area contributed by atoms with Crippen LogP contribution in [0.25, 0.3) is 0 Å². The van der Waals surface area contributed by atoms with Gasteiger partial charge in [0.25, 0.3) is 0 Å². The lowest BCUT2D eigenvalue weighted by atomic mass is 10.2. The molecule has 0 unspecified atom stereocenters. The third-order valence-corrected chi connectivity index (χ3v) is 3.22. The van der Waals surface area contributed by atoms with Gasteiger partial charge < -0.3 is 15.8 Å². The third kappa shape index (κ3) is 4.84. The van der Waals surface area contributed by atoms with E-state index in [1.807, 2.05) is 24.3 Å². The molecule has 0 aliphatic carbocycles. The normalized spacial score (nSPS) is 10.4. The first-order valence-electron chi connectivity index (χ1n) is 6.21. The molecule has 2 aromatic rings. The first-order chi connectivity index (χ1) is 10.0. The van der Waals surface area contributed by atoms with Crippen molar-refractivity contribution in [1.82, 2.24) is 0 Å². The Balaban J connectivity index is 1.79. The summed E-state index contributed by atoms with van der Waals surface area (Å²) in [6.45, 7) is 0.250. The van der Waals surface area contributed by atoms with Crippen LogP contribution in [-0.2, 0) is 16.1 Å². The van der Waals surface area contributed by atoms with Gasteiger partial charge in [0.15, 0.2) is 0 Å². The van der Waals surface area contributed by atoms with E-state index in [1.54, 1.807) is 0 Å². The predicted octanol–water partition coefficient (Wildman–Crippen LogP) is 3.33. The Morgan fingerprint density at radius 3 is 2.62 bits per heavy atom. The summed E-state index contributed by atoms with van der Waals surface area (Å²) in [5.41, 5.74) is 6.82. The number of amides is 1. The summed E-state index contributed by atoms with van der Waals surface area (Å²) < 4.78 is 19.3. The smallest absolute Gasteiger partial charge is 0.250 e. The largest absolute Gasteiger partial charge is 0.396 e. The van der Waals surface area contributed by atoms with Gasteiger partial charge in [-0.15, -0.1) is 0 Å². The second-order valence-electron chi connectivity index (χ2n) is 4.40. The van der Waals surface area contributed by atoms with Crippen LogP contribution in [0.15, 0.2) is 46.9 Å². The van der Waals surface area contributed by atoms with E-state index >= 15 is 0 Å². The number of rotatable bonds is 5. The van der Waals surface area contributed by atoms with Crippen LogP contribution >= 0.6 is 15.9 Å². The van der Waals surface area contributed by atoms with Crippen molar-refractivity contribution in [2.45, 2.75) is 6.61 Å². The Labute approximate surface area is 130 Å². The van der Waals surface area contributed by atoms with Gasteiger partial charge in [-0.25, -0.2) is 4.39 Å². The number of hydrogen-bond donors (Lipinski definition) is 2. The van der Waals surface area contributed by atoms with E-state index in [9.17, 15) is 9.18 Å². The van der Waals surface area contributed by atoms with Crippen LogP contribution in [0.5, 0.6) is 0 Å². The van der Waals surface area contributed by atoms with Crippen molar-refractivity contribution in [2.24, 2.45) is 0 Å². The van der Waals surface area contributed by atoms with Gasteiger partial charge in [-0.05, 0) is 35.9 Å². The van der Waals surface area contributed by atoms with E-state index in [1.165, 1.54) is 18.2 Å². The fourth-order valence-corrected chi connectivity index (χ4v) is 1.93. The lowest BCUT2D eigenvalue weighted by Crippen LogP contribution is -2.18. The van der Waals surface area contributed by atoms with E-state index < -0.39 is 5.82 Å². The van der Waals surface area contributed by atoms with E-state index in [0.717, 1.165) is 10.0 Å². The summed E-state index contributed by atoms with van der Waals surface area (Å²) in [6, 6.07) is 11.6. The minimum Gasteiger partial charge on any atom is -0.396 e. The molecule has 0 aliphatic heterocycles. The fourth-order valence-electron chi connectivity index (χ4n) is 1.66. The lowest BCUT2D eigenvalue weighted by Gasteiger charge is -2.07. The molecular weight excluding hydrogens is 339 g/mol. The molecule has 0 bridgehead atoms. The van der Waals surface area contributed by atoms with E-state index in [-0.39, 0.29) is 18.2 Å². The SMILES string of the molecule is Nc1cc(NC(=O)COCc2ccc(Br)cc2)ccc1F. The highest BCUT2D eigenvalue weighted by Gasteiger charge is 2.05. The second kappa shape index (κ2) is 7.19. The maximum Gasteiger partial charge on any atom is 0.250 e. The molecule has 110 valence electrons. The number of halogens is 2. The standard InChI is InChI=1S/C15H14BrFN2O2/c16-11-3-1-10(2-4-11)8-21-9-15(20)19-12-5-6-13(17)14(18)7-12/h1-7H,8-9,18H2,(H,19,20). The number of nitrogens with two attached hydrogens (primary N) is 1. The van der Waals surface area contributed by atoms with Gasteiger partial charge in [0.1, 0.15) is 12.4 Å². The first kappa shape index (κ1) is 15.5. The highest BCUT2D eigenvalue weighted by molar-refractivity contribution is 9.10. The summed E-state index contributed by atoms with van der Waals surface area (Å²) in [5.74, 6) is -0.836. The molecule has 0 radical (unpaired) electrons. The van der Waals surface area contributed by atoms with Gasteiger partial charge in [-0.2, -0.15) is 0 Å². The number of carbonyl (C=O) groups is 1. The van der Waals surface area contributed by atoms with Crippen LogP contribution in [-0.4, -0.2) is 12.5 Å². The summed E-state index contributed by atoms with van der Waals surface area (Å²) in [4.78, 5) is 11.7. The van der Waals surface area contributed by atoms with Crippen LogP contribution in [0.1, 0.15) is 5.56 Å². The lowest BCUT2D eigenvalue weighted by molar-refractivity contribution is -0.121. The summed E-state index contributed by atoms with van der Waals surface area (Å²) >= 11 is 3.34. The molecule has 4 nitrogen and oxygen atoms in total. The fraction of sp³-hybridized carbons (Fsp3) is 0.133. The van der Waals surface area contributed by atoms with Crippen molar-refractivity contribution in [1.29, 1.82) is 0 Å². The highest BCUT2D eigenvalue weighted by atomic mass is 79.9. The number of nitrogen functional groups attached to an aromatic ring is 1. The van der Waals surface area contributed by atoms with Crippen molar-refractivity contribution in [2.75, 3.05) is 17.7 Å². The van der Waals surface area contributed by atoms with Crippen LogP contribution < -0.4 is 11.1 Å². The minimum atomic E-state index is -0.514. The minimum absolute atomic E-state index is 0.0106. The molecule has 2 aromatic carbocycles. The van der Waals surface area contributed by atoms with E-state index in [4.69, 9.17) is 10.5 Å². The van der Waals surface area contributed by atoms with Gasteiger partial charge in [0.05, 0.1) is 12.3 Å². The molecule has 0 saturated carbocycles. The number of ether oxygens (including phenoxy) is 1. The van der Waals surface area contributed by atoms with Gasteiger partial charge in [-0.1, -0.05) is 28.1 Å². The quantitative estimate of drug-likeness (QED) is 0.811. The van der Waals surface area contributed by atoms with Crippen molar-refractivity contribution in [3.05, 3.63) is 58.3 Å². The van der Waals surface area contributed by atoms with Gasteiger partial charge in [0.2, 0.25) is 5.91 Å². The highest BCUT2D eigenvalue weighted by Crippen LogP contribution is 2.16. The molecule has 0 aromatic heterocycles. The van der Waals surface area contributed by atoms with Crippen molar-refractivity contribution < 1.29 is 13.9 Å². The Morgan fingerprint density at radius 1 is 1.24 bits per heavy atom. The van der Waals surface area contributed by atoms with Crippen molar-refractivity contribution >= 4 is 33.2 Å². The molecule has 0 fully saturated rings. The number of hydrogen-bond acceptors (Lipinski definition) is 3.